The summed E-state index contributed by atoms with van der Waals surface area (Å²) in [5.74, 6) is -2.05. The molecule has 2 aliphatic rings. The molecule has 1 aliphatic heterocycles. The second kappa shape index (κ2) is 10.8. The maximum absolute atomic E-state index is 13.8. The van der Waals surface area contributed by atoms with Gasteiger partial charge < -0.3 is 19.8 Å². The molecule has 0 unspecified atom stereocenters. The number of carbonyl (C=O) groups excluding carboxylic acids is 2. The van der Waals surface area contributed by atoms with Crippen LogP contribution < -0.4 is 5.43 Å². The summed E-state index contributed by atoms with van der Waals surface area (Å²) in [5, 5.41) is 23.6. The number of carbonyl (C=O) groups is 2. The molecule has 37 heavy (non-hydrogen) atoms. The van der Waals surface area contributed by atoms with Crippen LogP contribution in [0.4, 0.5) is 0 Å². The molecule has 1 saturated carbocycles. The van der Waals surface area contributed by atoms with Gasteiger partial charge in [-0.05, 0) is 23.3 Å². The predicted molar refractivity (Wildman–Crippen MR) is 138 cm³/mol. The van der Waals surface area contributed by atoms with Crippen LogP contribution >= 0.6 is 0 Å². The molecule has 2 fully saturated rings. The lowest BCUT2D eigenvalue weighted by molar-refractivity contribution is -0.151. The molecule has 1 aliphatic carbocycles. The van der Waals surface area contributed by atoms with Crippen LogP contribution in [0.15, 0.2) is 84.0 Å². The van der Waals surface area contributed by atoms with E-state index in [1.54, 1.807) is 0 Å². The Morgan fingerprint density at radius 1 is 0.865 bits per heavy atom. The number of hydrogen-bond acceptors (Lipinski definition) is 6. The molecule has 0 aromatic heterocycles. The number of rotatable bonds is 6. The summed E-state index contributed by atoms with van der Waals surface area (Å²) in [6.07, 6.45) is 1.33. The number of hydrazone groups is 1. The third-order valence-corrected chi connectivity index (χ3v) is 7.22. The highest BCUT2D eigenvalue weighted by Crippen LogP contribution is 2.58. The topological polar surface area (TPSA) is 111 Å². The van der Waals surface area contributed by atoms with Crippen molar-refractivity contribution in [1.29, 1.82) is 0 Å². The summed E-state index contributed by atoms with van der Waals surface area (Å²) >= 11 is 0. The largest absolute Gasteiger partial charge is 0.508 e. The van der Waals surface area contributed by atoms with Crippen molar-refractivity contribution < 1.29 is 24.5 Å². The Morgan fingerprint density at radius 3 is 2.03 bits per heavy atom. The zero-order valence-corrected chi connectivity index (χ0v) is 20.2. The average Bonchev–Trinajstić information content (AvgIpc) is 2.91. The Morgan fingerprint density at radius 2 is 1.46 bits per heavy atom. The van der Waals surface area contributed by atoms with Gasteiger partial charge in [-0.15, -0.1) is 0 Å². The highest BCUT2D eigenvalue weighted by molar-refractivity contribution is 5.91. The molecule has 1 saturated heterocycles. The first-order valence-corrected chi connectivity index (χ1v) is 12.4. The summed E-state index contributed by atoms with van der Waals surface area (Å²) in [6.45, 7) is 2.09. The van der Waals surface area contributed by atoms with Crippen molar-refractivity contribution in [3.8, 4) is 11.5 Å². The van der Waals surface area contributed by atoms with E-state index in [2.05, 4.69) is 10.5 Å². The molecule has 3 aromatic rings. The van der Waals surface area contributed by atoms with Gasteiger partial charge in [0.05, 0.1) is 31.3 Å². The van der Waals surface area contributed by atoms with Gasteiger partial charge in [0.25, 0.3) is 0 Å². The third kappa shape index (κ3) is 5.06. The predicted octanol–water partition coefficient (Wildman–Crippen LogP) is 3.22. The van der Waals surface area contributed by atoms with Gasteiger partial charge >= 0.3 is 0 Å². The number of amides is 2. The number of hydrogen-bond donors (Lipinski definition) is 3. The number of nitrogens with zero attached hydrogens (tertiary/aromatic N) is 2. The number of phenols is 2. The number of aromatic hydroxyl groups is 2. The van der Waals surface area contributed by atoms with Gasteiger partial charge in [0.2, 0.25) is 11.8 Å². The monoisotopic (exact) mass is 499 g/mol. The molecule has 3 aromatic carbocycles. The minimum absolute atomic E-state index is 0.0348. The Labute approximate surface area is 215 Å². The normalized spacial score (nSPS) is 23.4. The van der Waals surface area contributed by atoms with Crippen molar-refractivity contribution in [3.05, 3.63) is 95.6 Å². The van der Waals surface area contributed by atoms with Crippen LogP contribution in [-0.2, 0) is 14.3 Å². The fourth-order valence-electron chi connectivity index (χ4n) is 5.44. The van der Waals surface area contributed by atoms with Crippen molar-refractivity contribution in [2.45, 2.75) is 11.8 Å². The van der Waals surface area contributed by atoms with Crippen LogP contribution in [0.1, 0.15) is 28.5 Å². The molecule has 8 nitrogen and oxygen atoms in total. The van der Waals surface area contributed by atoms with E-state index in [0.29, 0.717) is 31.9 Å². The standard InChI is InChI=1S/C29H29N3O5/c33-22-12-11-21(23(34)17-22)18-30-31-28(35)26-24(19-7-3-1-4-8-19)27(25(26)20-9-5-2-6-10-20)29(36)32-13-15-37-16-14-32/h1-12,17-18,24-27,33-34H,13-16H2,(H,31,35)/b30-18-/t24-,25-,26?,27?/m0/s1. The number of benzene rings is 3. The van der Waals surface area contributed by atoms with Crippen molar-refractivity contribution in [3.63, 3.8) is 0 Å². The summed E-state index contributed by atoms with van der Waals surface area (Å²) in [7, 11) is 0. The van der Waals surface area contributed by atoms with Crippen molar-refractivity contribution in [1.82, 2.24) is 10.3 Å². The van der Waals surface area contributed by atoms with E-state index in [4.69, 9.17) is 4.74 Å². The minimum Gasteiger partial charge on any atom is -0.508 e. The highest BCUT2D eigenvalue weighted by atomic mass is 16.5. The van der Waals surface area contributed by atoms with Crippen molar-refractivity contribution >= 4 is 18.0 Å². The van der Waals surface area contributed by atoms with E-state index in [-0.39, 0.29) is 35.1 Å². The van der Waals surface area contributed by atoms with Gasteiger partial charge in [0.1, 0.15) is 11.5 Å². The molecule has 8 heteroatoms. The third-order valence-electron chi connectivity index (χ3n) is 7.22. The number of nitrogens with one attached hydrogen (secondary N) is 1. The van der Waals surface area contributed by atoms with E-state index < -0.39 is 11.8 Å². The van der Waals surface area contributed by atoms with Gasteiger partial charge in [-0.1, -0.05) is 60.7 Å². The maximum Gasteiger partial charge on any atom is 0.244 e. The number of phenolic OH excluding ortho intramolecular Hbond substituents is 2. The summed E-state index contributed by atoms with van der Waals surface area (Å²) < 4.78 is 5.45. The summed E-state index contributed by atoms with van der Waals surface area (Å²) in [6, 6.07) is 23.5. The lowest BCUT2D eigenvalue weighted by Gasteiger charge is -2.52. The van der Waals surface area contributed by atoms with E-state index in [1.807, 2.05) is 65.6 Å². The second-order valence-electron chi connectivity index (χ2n) is 9.34. The molecule has 2 atom stereocenters. The van der Waals surface area contributed by atoms with Crippen LogP contribution in [0.2, 0.25) is 0 Å². The number of ether oxygens (including phenoxy) is 1. The van der Waals surface area contributed by atoms with E-state index >= 15 is 0 Å². The first-order valence-electron chi connectivity index (χ1n) is 12.4. The highest BCUT2D eigenvalue weighted by Gasteiger charge is 2.58. The second-order valence-corrected chi connectivity index (χ2v) is 9.34. The van der Waals surface area contributed by atoms with Crippen molar-refractivity contribution in [2.75, 3.05) is 26.3 Å². The zero-order chi connectivity index (χ0) is 25.8. The zero-order valence-electron chi connectivity index (χ0n) is 20.2. The lowest BCUT2D eigenvalue weighted by Crippen LogP contribution is -2.57. The van der Waals surface area contributed by atoms with E-state index in [9.17, 15) is 19.8 Å². The van der Waals surface area contributed by atoms with Crippen LogP contribution in [0.3, 0.4) is 0 Å². The van der Waals surface area contributed by atoms with Gasteiger partial charge in [0.15, 0.2) is 0 Å². The molecule has 190 valence electrons. The molecule has 2 amide bonds. The SMILES string of the molecule is O=C(N/N=C\c1ccc(O)cc1O)C1[C@H](c2ccccc2)C(C(=O)N2CCOCC2)[C@H]1c1ccccc1. The van der Waals surface area contributed by atoms with Crippen LogP contribution in [0.5, 0.6) is 11.5 Å². The van der Waals surface area contributed by atoms with Gasteiger partial charge in [0, 0.05) is 36.6 Å². The van der Waals surface area contributed by atoms with E-state index in [0.717, 1.165) is 11.1 Å². The lowest BCUT2D eigenvalue weighted by atomic mass is 9.51. The van der Waals surface area contributed by atoms with Crippen LogP contribution in [-0.4, -0.2) is 59.4 Å². The summed E-state index contributed by atoms with van der Waals surface area (Å²) in [4.78, 5) is 29.3. The Kier molecular flexibility index (Phi) is 7.18. The van der Waals surface area contributed by atoms with Crippen LogP contribution in [0.25, 0.3) is 0 Å². The molecule has 5 rings (SSSR count). The fourth-order valence-corrected chi connectivity index (χ4v) is 5.44. The first kappa shape index (κ1) is 24.5. The first-order chi connectivity index (χ1) is 18.0. The molecule has 0 bridgehead atoms. The fraction of sp³-hybridized carbons (Fsp3) is 0.276. The van der Waals surface area contributed by atoms with Gasteiger partial charge in [-0.25, -0.2) is 5.43 Å². The molecular weight excluding hydrogens is 470 g/mol. The van der Waals surface area contributed by atoms with Crippen LogP contribution in [0, 0.1) is 11.8 Å². The molecule has 1 heterocycles. The molecule has 0 radical (unpaired) electrons. The molecular formula is C29H29N3O5. The Balaban J connectivity index is 1.46. The molecule has 3 N–H and O–H groups in total. The Bertz CT molecular complexity index is 1230. The Hall–Kier alpha value is -4.17. The van der Waals surface area contributed by atoms with Gasteiger partial charge in [-0.3, -0.25) is 9.59 Å². The summed E-state index contributed by atoms with van der Waals surface area (Å²) in [5.41, 5.74) is 4.84. The average molecular weight is 500 g/mol. The maximum atomic E-state index is 13.8. The van der Waals surface area contributed by atoms with Crippen molar-refractivity contribution in [2.24, 2.45) is 16.9 Å². The number of morpholine rings is 1. The van der Waals surface area contributed by atoms with Gasteiger partial charge in [-0.2, -0.15) is 5.10 Å². The minimum atomic E-state index is -0.523. The molecule has 0 spiro atoms. The smallest absolute Gasteiger partial charge is 0.244 e. The van der Waals surface area contributed by atoms with E-state index in [1.165, 1.54) is 24.4 Å². The quantitative estimate of drug-likeness (QED) is 0.356.